The van der Waals surface area contributed by atoms with Crippen LogP contribution in [0.25, 0.3) is 0 Å². The molecule has 0 spiro atoms. The lowest BCUT2D eigenvalue weighted by atomic mass is 9.84. The van der Waals surface area contributed by atoms with Gasteiger partial charge in [-0.3, -0.25) is 4.79 Å². The van der Waals surface area contributed by atoms with E-state index in [2.05, 4.69) is 12.2 Å². The quantitative estimate of drug-likeness (QED) is 0.846. The molecule has 1 amide bonds. The van der Waals surface area contributed by atoms with E-state index in [1.165, 1.54) is 5.56 Å². The number of carbonyl (C=O) groups excluding carboxylic acids is 1. The van der Waals surface area contributed by atoms with Gasteiger partial charge in [-0.15, -0.1) is 0 Å². The summed E-state index contributed by atoms with van der Waals surface area (Å²) < 4.78 is 0. The van der Waals surface area contributed by atoms with E-state index in [4.69, 9.17) is 11.6 Å². The van der Waals surface area contributed by atoms with Gasteiger partial charge >= 0.3 is 0 Å². The van der Waals surface area contributed by atoms with Gasteiger partial charge in [0.2, 0.25) is 5.91 Å². The molecule has 0 saturated carbocycles. The molecule has 18 heavy (non-hydrogen) atoms. The Hall–Kier alpha value is -1.22. The lowest BCUT2D eigenvalue weighted by molar-refractivity contribution is -0.128. The van der Waals surface area contributed by atoms with Crippen LogP contribution < -0.4 is 5.32 Å². The van der Waals surface area contributed by atoms with Crippen LogP contribution >= 0.6 is 11.6 Å². The second-order valence-electron chi connectivity index (χ2n) is 5.16. The van der Waals surface area contributed by atoms with Crippen molar-refractivity contribution in [2.24, 2.45) is 5.92 Å². The van der Waals surface area contributed by atoms with Gasteiger partial charge in [0.25, 0.3) is 0 Å². The number of anilines is 1. The van der Waals surface area contributed by atoms with Crippen molar-refractivity contribution >= 4 is 23.2 Å². The van der Waals surface area contributed by atoms with Crippen LogP contribution in [0.3, 0.4) is 0 Å². The number of rotatable bonds is 1. The molecule has 3 rings (SSSR count). The second kappa shape index (κ2) is 4.16. The highest BCUT2D eigenvalue weighted by molar-refractivity contribution is 6.30. The predicted octanol–water partition coefficient (Wildman–Crippen LogP) is 3.06. The predicted molar refractivity (Wildman–Crippen MR) is 72.8 cm³/mol. The molecule has 0 aliphatic carbocycles. The number of hydrogen-bond donors (Lipinski definition) is 1. The van der Waals surface area contributed by atoms with Crippen LogP contribution in [0.4, 0.5) is 5.69 Å². The second-order valence-corrected chi connectivity index (χ2v) is 5.59. The van der Waals surface area contributed by atoms with Crippen molar-refractivity contribution in [1.29, 1.82) is 0 Å². The van der Waals surface area contributed by atoms with Gasteiger partial charge in [-0.2, -0.15) is 0 Å². The summed E-state index contributed by atoms with van der Waals surface area (Å²) in [6.45, 7) is 4.96. The number of halogens is 1. The third-order valence-corrected chi connectivity index (χ3v) is 4.41. The zero-order valence-electron chi connectivity index (χ0n) is 10.6. The van der Waals surface area contributed by atoms with Crippen molar-refractivity contribution in [1.82, 2.24) is 4.90 Å². The Morgan fingerprint density at radius 2 is 2.28 bits per heavy atom. The van der Waals surface area contributed by atoms with Crippen molar-refractivity contribution in [3.8, 4) is 0 Å². The molecular weight excluding hydrogens is 248 g/mol. The molecule has 0 bridgehead atoms. The Kier molecular flexibility index (Phi) is 2.74. The van der Waals surface area contributed by atoms with E-state index >= 15 is 0 Å². The SMILES string of the molecule is CCN1C(=O)CC2C(C)Nc3ccc(Cl)cc3C21. The summed E-state index contributed by atoms with van der Waals surface area (Å²) in [7, 11) is 0. The average Bonchev–Trinajstić information content (AvgIpc) is 2.68. The molecule has 1 fully saturated rings. The van der Waals surface area contributed by atoms with Gasteiger partial charge in [0, 0.05) is 35.6 Å². The van der Waals surface area contributed by atoms with E-state index < -0.39 is 0 Å². The van der Waals surface area contributed by atoms with Gasteiger partial charge in [0.05, 0.1) is 6.04 Å². The zero-order valence-corrected chi connectivity index (χ0v) is 11.4. The highest BCUT2D eigenvalue weighted by atomic mass is 35.5. The van der Waals surface area contributed by atoms with Gasteiger partial charge in [0.1, 0.15) is 0 Å². The summed E-state index contributed by atoms with van der Waals surface area (Å²) >= 11 is 6.10. The van der Waals surface area contributed by atoms with Crippen LogP contribution in [0.15, 0.2) is 18.2 Å². The van der Waals surface area contributed by atoms with Crippen molar-refractivity contribution in [3.63, 3.8) is 0 Å². The first kappa shape index (κ1) is 11.8. The molecule has 3 unspecified atom stereocenters. The lowest BCUT2D eigenvalue weighted by Gasteiger charge is -2.38. The molecule has 4 heteroatoms. The smallest absolute Gasteiger partial charge is 0.223 e. The highest BCUT2D eigenvalue weighted by Crippen LogP contribution is 2.47. The van der Waals surface area contributed by atoms with Crippen LogP contribution in [-0.4, -0.2) is 23.4 Å². The Labute approximate surface area is 112 Å². The fraction of sp³-hybridized carbons (Fsp3) is 0.500. The van der Waals surface area contributed by atoms with Gasteiger partial charge in [0.15, 0.2) is 0 Å². The monoisotopic (exact) mass is 264 g/mol. The first-order valence-electron chi connectivity index (χ1n) is 6.47. The maximum Gasteiger partial charge on any atom is 0.223 e. The third-order valence-electron chi connectivity index (χ3n) is 4.17. The Balaban J connectivity index is 2.11. The van der Waals surface area contributed by atoms with Gasteiger partial charge < -0.3 is 10.2 Å². The summed E-state index contributed by atoms with van der Waals surface area (Å²) in [5, 5.41) is 4.22. The normalized spacial score (nSPS) is 29.8. The van der Waals surface area contributed by atoms with E-state index in [0.29, 0.717) is 18.4 Å². The molecule has 2 aliphatic heterocycles. The topological polar surface area (TPSA) is 32.3 Å². The number of hydrogen-bond acceptors (Lipinski definition) is 2. The first-order valence-corrected chi connectivity index (χ1v) is 6.85. The van der Waals surface area contributed by atoms with E-state index in [0.717, 1.165) is 17.3 Å². The zero-order chi connectivity index (χ0) is 12.9. The third kappa shape index (κ3) is 1.61. The number of likely N-dealkylation sites (tertiary alicyclic amines) is 1. The summed E-state index contributed by atoms with van der Waals surface area (Å²) in [4.78, 5) is 14.1. The fourth-order valence-electron chi connectivity index (χ4n) is 3.30. The Morgan fingerprint density at radius 1 is 1.50 bits per heavy atom. The van der Waals surface area contributed by atoms with Gasteiger partial charge in [-0.25, -0.2) is 0 Å². The number of nitrogens with one attached hydrogen (secondary N) is 1. The van der Waals surface area contributed by atoms with Crippen molar-refractivity contribution in [2.75, 3.05) is 11.9 Å². The maximum atomic E-state index is 12.1. The molecule has 0 aromatic heterocycles. The van der Waals surface area contributed by atoms with Gasteiger partial charge in [-0.05, 0) is 37.6 Å². The minimum atomic E-state index is 0.187. The van der Waals surface area contributed by atoms with Crippen molar-refractivity contribution < 1.29 is 4.79 Å². The number of carbonyl (C=O) groups is 1. The molecule has 3 nitrogen and oxygen atoms in total. The number of nitrogens with zero attached hydrogens (tertiary/aromatic N) is 1. The summed E-state index contributed by atoms with van der Waals surface area (Å²) in [6, 6.07) is 6.42. The minimum absolute atomic E-state index is 0.187. The van der Waals surface area contributed by atoms with E-state index in [1.807, 2.05) is 30.0 Å². The average molecular weight is 265 g/mol. The van der Waals surface area contributed by atoms with E-state index in [-0.39, 0.29) is 11.9 Å². The van der Waals surface area contributed by atoms with E-state index in [9.17, 15) is 4.79 Å². The highest BCUT2D eigenvalue weighted by Gasteiger charge is 2.45. The van der Waals surface area contributed by atoms with Crippen LogP contribution in [0.1, 0.15) is 31.9 Å². The molecule has 3 atom stereocenters. The van der Waals surface area contributed by atoms with Gasteiger partial charge in [-0.1, -0.05) is 11.6 Å². The summed E-state index contributed by atoms with van der Waals surface area (Å²) in [6.07, 6.45) is 0.638. The molecule has 0 radical (unpaired) electrons. The molecule has 1 aromatic rings. The minimum Gasteiger partial charge on any atom is -0.382 e. The largest absolute Gasteiger partial charge is 0.382 e. The summed E-state index contributed by atoms with van der Waals surface area (Å²) in [5.41, 5.74) is 2.28. The molecule has 2 aliphatic rings. The van der Waals surface area contributed by atoms with Crippen molar-refractivity contribution in [3.05, 3.63) is 28.8 Å². The molecule has 1 aromatic carbocycles. The number of fused-ring (bicyclic) bond motifs is 3. The van der Waals surface area contributed by atoms with Crippen LogP contribution in [0.5, 0.6) is 0 Å². The number of amides is 1. The van der Waals surface area contributed by atoms with Crippen molar-refractivity contribution in [2.45, 2.75) is 32.4 Å². The van der Waals surface area contributed by atoms with Crippen LogP contribution in [0.2, 0.25) is 5.02 Å². The first-order chi connectivity index (χ1) is 8.61. The Bertz CT molecular complexity index is 503. The summed E-state index contributed by atoms with van der Waals surface area (Å²) in [5.74, 6) is 0.609. The molecule has 1 N–H and O–H groups in total. The number of benzene rings is 1. The Morgan fingerprint density at radius 3 is 3.00 bits per heavy atom. The van der Waals surface area contributed by atoms with Crippen LogP contribution in [-0.2, 0) is 4.79 Å². The standard InChI is InChI=1S/C14H17ClN2O/c1-3-17-13(18)7-10-8(2)16-12-5-4-9(15)6-11(12)14(10)17/h4-6,8,10,14,16H,3,7H2,1-2H3. The lowest BCUT2D eigenvalue weighted by Crippen LogP contribution is -2.38. The molecular formula is C14H17ClN2O. The molecule has 96 valence electrons. The maximum absolute atomic E-state index is 12.1. The molecule has 2 heterocycles. The van der Waals surface area contributed by atoms with Crippen LogP contribution in [0, 0.1) is 5.92 Å². The molecule has 1 saturated heterocycles. The fourth-order valence-corrected chi connectivity index (χ4v) is 3.48. The van der Waals surface area contributed by atoms with E-state index in [1.54, 1.807) is 0 Å².